The predicted octanol–water partition coefficient (Wildman–Crippen LogP) is 10.4. The summed E-state index contributed by atoms with van der Waals surface area (Å²) < 4.78 is 13.7. The molecule has 0 fully saturated rings. The van der Waals surface area contributed by atoms with Crippen molar-refractivity contribution in [2.24, 2.45) is 0 Å². The van der Waals surface area contributed by atoms with Gasteiger partial charge in [0.05, 0.1) is 11.8 Å². The standard InChI is InChI=1S/C56H42O12/c57-29-9-1-25(2-10-29)45-47-37(17-33(61)21-41(47)65)53-49-39(19-35(63)23-43(49)67-55(53)27-5-13-31(59)14-6-27)51(45)52-40-20-36(64)24-44-50(40)54(56(68-44)28-7-15-32(60)16-8-28)38-18-34(62)22-42(66)48(38)46(52)26-3-11-30(58)12-4-26/h1-24,45-46,51-66H/t45-,46-,51+,52+,53-,54-,55-,56-/m1/s1. The van der Waals surface area contributed by atoms with Gasteiger partial charge < -0.3 is 60.5 Å². The van der Waals surface area contributed by atoms with Crippen LogP contribution >= 0.6 is 0 Å². The van der Waals surface area contributed by atoms with Crippen molar-refractivity contribution in [3.8, 4) is 69.0 Å². The first kappa shape index (κ1) is 40.8. The molecule has 2 aliphatic heterocycles. The second-order valence-corrected chi connectivity index (χ2v) is 18.2. The van der Waals surface area contributed by atoms with Crippen LogP contribution in [0.2, 0.25) is 0 Å². The first-order valence-corrected chi connectivity index (χ1v) is 22.2. The summed E-state index contributed by atoms with van der Waals surface area (Å²) in [5, 5.41) is 114. The van der Waals surface area contributed by atoms with Gasteiger partial charge in [0.25, 0.3) is 0 Å². The molecule has 0 saturated carbocycles. The average molecular weight is 907 g/mol. The van der Waals surface area contributed by atoms with Crippen LogP contribution in [0.4, 0.5) is 0 Å². The molecule has 0 amide bonds. The van der Waals surface area contributed by atoms with Crippen LogP contribution in [0.1, 0.15) is 114 Å². The number of phenols is 10. The van der Waals surface area contributed by atoms with E-state index in [1.54, 1.807) is 121 Å². The van der Waals surface area contributed by atoms with E-state index >= 15 is 0 Å². The molecule has 12 rings (SSSR count). The fourth-order valence-corrected chi connectivity index (χ4v) is 12.0. The highest BCUT2D eigenvalue weighted by Gasteiger charge is 2.55. The van der Waals surface area contributed by atoms with Crippen LogP contribution in [0.5, 0.6) is 69.0 Å². The molecule has 2 aliphatic carbocycles. The van der Waals surface area contributed by atoms with Gasteiger partial charge in [0.2, 0.25) is 0 Å². The normalized spacial score (nSPS) is 22.6. The minimum absolute atomic E-state index is 0.0182. The summed E-state index contributed by atoms with van der Waals surface area (Å²) in [6, 6.07) is 38.4. The molecule has 12 nitrogen and oxygen atoms in total. The zero-order valence-corrected chi connectivity index (χ0v) is 35.8. The maximum absolute atomic E-state index is 12.5. The summed E-state index contributed by atoms with van der Waals surface area (Å²) in [6.45, 7) is 0. The predicted molar refractivity (Wildman–Crippen MR) is 248 cm³/mol. The van der Waals surface area contributed by atoms with E-state index in [1.165, 1.54) is 24.3 Å². The lowest BCUT2D eigenvalue weighted by atomic mass is 9.62. The van der Waals surface area contributed by atoms with Gasteiger partial charge in [-0.05, 0) is 117 Å². The van der Waals surface area contributed by atoms with Crippen LogP contribution in [-0.2, 0) is 0 Å². The number of benzene rings is 8. The van der Waals surface area contributed by atoms with Crippen molar-refractivity contribution in [2.45, 2.75) is 47.7 Å². The van der Waals surface area contributed by atoms with Crippen molar-refractivity contribution in [1.82, 2.24) is 0 Å². The van der Waals surface area contributed by atoms with Gasteiger partial charge in [0, 0.05) is 70.2 Å². The minimum atomic E-state index is -0.918. The Labute approximate surface area is 388 Å². The Morgan fingerprint density at radius 1 is 0.265 bits per heavy atom. The molecule has 0 spiro atoms. The molecule has 0 bridgehead atoms. The Kier molecular flexibility index (Phi) is 8.97. The van der Waals surface area contributed by atoms with Crippen molar-refractivity contribution in [2.75, 3.05) is 0 Å². The monoisotopic (exact) mass is 906 g/mol. The summed E-state index contributed by atoms with van der Waals surface area (Å²) in [5.74, 6) is -5.69. The maximum atomic E-state index is 12.5. The Hall–Kier alpha value is -8.64. The number of rotatable bonds is 5. The van der Waals surface area contributed by atoms with Crippen LogP contribution in [0.15, 0.2) is 146 Å². The second kappa shape index (κ2) is 14.9. The van der Waals surface area contributed by atoms with Gasteiger partial charge in [-0.1, -0.05) is 48.5 Å². The quantitative estimate of drug-likeness (QED) is 0.0780. The largest absolute Gasteiger partial charge is 0.508 e. The number of hydrogen-bond acceptors (Lipinski definition) is 12. The number of ether oxygens (including phenoxy) is 2. The molecule has 0 aromatic heterocycles. The first-order chi connectivity index (χ1) is 32.8. The zero-order chi connectivity index (χ0) is 46.9. The summed E-state index contributed by atoms with van der Waals surface area (Å²) >= 11 is 0. The molecule has 0 unspecified atom stereocenters. The van der Waals surface area contributed by atoms with E-state index in [0.717, 1.165) is 0 Å². The van der Waals surface area contributed by atoms with E-state index in [1.807, 2.05) is 0 Å². The van der Waals surface area contributed by atoms with Gasteiger partial charge in [-0.2, -0.15) is 0 Å². The fraction of sp³-hybridized carbons (Fsp3) is 0.143. The third-order valence-corrected chi connectivity index (χ3v) is 14.5. The van der Waals surface area contributed by atoms with E-state index in [0.29, 0.717) is 78.3 Å². The topological polar surface area (TPSA) is 221 Å². The molecule has 338 valence electrons. The summed E-state index contributed by atoms with van der Waals surface area (Å²) in [7, 11) is 0. The minimum Gasteiger partial charge on any atom is -0.508 e. The van der Waals surface area contributed by atoms with Crippen molar-refractivity contribution in [3.05, 3.63) is 212 Å². The Bertz CT molecular complexity index is 3110. The number of aromatic hydroxyl groups is 10. The highest BCUT2D eigenvalue weighted by Crippen LogP contribution is 2.69. The van der Waals surface area contributed by atoms with E-state index in [4.69, 9.17) is 9.47 Å². The molecule has 8 atom stereocenters. The Balaban J connectivity index is 1.25. The van der Waals surface area contributed by atoms with Crippen LogP contribution in [0, 0.1) is 0 Å². The van der Waals surface area contributed by atoms with Crippen LogP contribution in [0.25, 0.3) is 0 Å². The van der Waals surface area contributed by atoms with E-state index in [-0.39, 0.29) is 57.5 Å². The molecule has 0 saturated heterocycles. The lowest BCUT2D eigenvalue weighted by molar-refractivity contribution is 0.221. The van der Waals surface area contributed by atoms with Crippen molar-refractivity contribution in [3.63, 3.8) is 0 Å². The van der Waals surface area contributed by atoms with Crippen molar-refractivity contribution < 1.29 is 60.5 Å². The van der Waals surface area contributed by atoms with Gasteiger partial charge in [-0.15, -0.1) is 0 Å². The zero-order valence-electron chi connectivity index (χ0n) is 35.8. The SMILES string of the molecule is Oc1ccc([C@@H]2c3c(O)cc(O)cc3[C@@H]3c4c(cc(O)cc4[C@@H]2[C@H]2c4cc(O)cc5c4[C@@H](c4cc(O)cc(O)c4[C@H]2c2ccc(O)cc2)[C@@H](c2ccc(O)cc2)O5)O[C@@H]3c2ccc(O)cc2)cc1. The number of hydrogen-bond donors (Lipinski definition) is 10. The van der Waals surface area contributed by atoms with Crippen molar-refractivity contribution in [1.29, 1.82) is 0 Å². The first-order valence-electron chi connectivity index (χ1n) is 22.2. The van der Waals surface area contributed by atoms with Gasteiger partial charge in [-0.3, -0.25) is 0 Å². The van der Waals surface area contributed by atoms with E-state index in [9.17, 15) is 51.1 Å². The van der Waals surface area contributed by atoms with Crippen LogP contribution < -0.4 is 9.47 Å². The van der Waals surface area contributed by atoms with Gasteiger partial charge in [0.15, 0.2) is 0 Å². The van der Waals surface area contributed by atoms with Gasteiger partial charge >= 0.3 is 0 Å². The molecular formula is C56H42O12. The van der Waals surface area contributed by atoms with Gasteiger partial charge in [-0.25, -0.2) is 0 Å². The molecule has 8 aromatic rings. The highest BCUT2D eigenvalue weighted by molar-refractivity contribution is 5.71. The molecular weight excluding hydrogens is 865 g/mol. The second-order valence-electron chi connectivity index (χ2n) is 18.2. The maximum Gasteiger partial charge on any atom is 0.135 e. The Morgan fingerprint density at radius 3 is 0.897 bits per heavy atom. The van der Waals surface area contributed by atoms with Crippen molar-refractivity contribution >= 4 is 0 Å². The lowest BCUT2D eigenvalue weighted by Gasteiger charge is -2.40. The summed E-state index contributed by atoms with van der Waals surface area (Å²) in [5.41, 5.74) is 6.75. The highest BCUT2D eigenvalue weighted by atomic mass is 16.5. The molecule has 8 aromatic carbocycles. The van der Waals surface area contributed by atoms with E-state index < -0.39 is 47.7 Å². The summed E-state index contributed by atoms with van der Waals surface area (Å²) in [6.07, 6.45) is -1.62. The Morgan fingerprint density at radius 2 is 0.559 bits per heavy atom. The summed E-state index contributed by atoms with van der Waals surface area (Å²) in [4.78, 5) is 0. The lowest BCUT2D eigenvalue weighted by Crippen LogP contribution is -2.26. The average Bonchev–Trinajstić information content (AvgIpc) is 3.81. The fourth-order valence-electron chi connectivity index (χ4n) is 12.0. The smallest absolute Gasteiger partial charge is 0.135 e. The molecule has 0 radical (unpaired) electrons. The van der Waals surface area contributed by atoms with E-state index in [2.05, 4.69) is 0 Å². The molecule has 68 heavy (non-hydrogen) atoms. The number of fused-ring (bicyclic) bond motifs is 4. The molecule has 10 N–H and O–H groups in total. The van der Waals surface area contributed by atoms with Gasteiger partial charge in [0.1, 0.15) is 81.2 Å². The number of phenolic OH excluding ortho intramolecular Hbond substituents is 10. The molecule has 2 heterocycles. The van der Waals surface area contributed by atoms with Crippen LogP contribution in [0.3, 0.4) is 0 Å². The molecule has 4 aliphatic rings. The third kappa shape index (κ3) is 6.20. The van der Waals surface area contributed by atoms with Crippen LogP contribution in [-0.4, -0.2) is 51.1 Å². The molecule has 12 heteroatoms. The third-order valence-electron chi connectivity index (χ3n) is 14.5.